The molecule has 1 rings (SSSR count). The molecule has 1 aromatic heterocycles. The van der Waals surface area contributed by atoms with Gasteiger partial charge in [0.2, 0.25) is 0 Å². The molecule has 1 heterocycles. The molecular weight excluding hydrogens is 138 g/mol. The van der Waals surface area contributed by atoms with E-state index in [1.807, 2.05) is 13.0 Å². The van der Waals surface area contributed by atoms with E-state index in [9.17, 15) is 0 Å². The molecule has 11 heavy (non-hydrogen) atoms. The third-order valence-corrected chi connectivity index (χ3v) is 1.98. The van der Waals surface area contributed by atoms with Crippen LogP contribution < -0.4 is 5.73 Å². The summed E-state index contributed by atoms with van der Waals surface area (Å²) < 4.78 is 5.16. The predicted molar refractivity (Wildman–Crippen MR) is 45.2 cm³/mol. The average molecular weight is 153 g/mol. The molecule has 0 fully saturated rings. The van der Waals surface area contributed by atoms with Crippen molar-refractivity contribution in [1.29, 1.82) is 0 Å². The summed E-state index contributed by atoms with van der Waals surface area (Å²) in [6, 6.07) is 2.05. The van der Waals surface area contributed by atoms with Gasteiger partial charge >= 0.3 is 0 Å². The molecule has 2 nitrogen and oxygen atoms in total. The van der Waals surface area contributed by atoms with Gasteiger partial charge in [-0.3, -0.25) is 0 Å². The van der Waals surface area contributed by atoms with Crippen molar-refractivity contribution in [3.63, 3.8) is 0 Å². The molecule has 2 heteroatoms. The summed E-state index contributed by atoms with van der Waals surface area (Å²) in [4.78, 5) is 0. The van der Waals surface area contributed by atoms with Gasteiger partial charge in [-0.25, -0.2) is 0 Å². The number of nitrogens with two attached hydrogens (primary N) is 1. The molecule has 0 saturated carbocycles. The molecular formula is C9H15NO. The van der Waals surface area contributed by atoms with E-state index < -0.39 is 0 Å². The minimum absolute atomic E-state index is 0.105. The van der Waals surface area contributed by atoms with Crippen LogP contribution in [0, 0.1) is 12.8 Å². The molecule has 2 N–H and O–H groups in total. The molecule has 1 aromatic rings. The normalized spacial score (nSPS) is 13.9. The van der Waals surface area contributed by atoms with Crippen LogP contribution in [-0.4, -0.2) is 0 Å². The number of hydrogen-bond acceptors (Lipinski definition) is 2. The number of rotatable bonds is 2. The molecule has 0 amide bonds. The largest absolute Gasteiger partial charge is 0.469 e. The van der Waals surface area contributed by atoms with Gasteiger partial charge in [0.05, 0.1) is 6.26 Å². The van der Waals surface area contributed by atoms with Crippen molar-refractivity contribution in [3.05, 3.63) is 23.7 Å². The van der Waals surface area contributed by atoms with Gasteiger partial charge in [-0.15, -0.1) is 0 Å². The first-order chi connectivity index (χ1) is 5.13. The zero-order valence-electron chi connectivity index (χ0n) is 7.29. The van der Waals surface area contributed by atoms with Gasteiger partial charge in [0.1, 0.15) is 5.76 Å². The third-order valence-electron chi connectivity index (χ3n) is 1.98. The van der Waals surface area contributed by atoms with E-state index in [2.05, 4.69) is 13.8 Å². The topological polar surface area (TPSA) is 39.2 Å². The van der Waals surface area contributed by atoms with Gasteiger partial charge < -0.3 is 10.2 Å². The monoisotopic (exact) mass is 153 g/mol. The van der Waals surface area contributed by atoms with Gasteiger partial charge in [-0.1, -0.05) is 13.8 Å². The predicted octanol–water partition coefficient (Wildman–Crippen LogP) is 2.24. The van der Waals surface area contributed by atoms with Crippen LogP contribution in [-0.2, 0) is 0 Å². The lowest BCUT2D eigenvalue weighted by atomic mass is 9.98. The Morgan fingerprint density at radius 3 is 2.45 bits per heavy atom. The third kappa shape index (κ3) is 1.63. The Morgan fingerprint density at radius 1 is 1.45 bits per heavy atom. The van der Waals surface area contributed by atoms with E-state index in [0.717, 1.165) is 11.3 Å². The van der Waals surface area contributed by atoms with Crippen LogP contribution in [0.15, 0.2) is 16.7 Å². The summed E-state index contributed by atoms with van der Waals surface area (Å²) in [5.74, 6) is 1.40. The number of furan rings is 1. The minimum atomic E-state index is 0.105. The van der Waals surface area contributed by atoms with E-state index >= 15 is 0 Å². The maximum atomic E-state index is 5.92. The fourth-order valence-electron chi connectivity index (χ4n) is 1.10. The molecule has 0 unspecified atom stereocenters. The Balaban J connectivity index is 2.84. The maximum absolute atomic E-state index is 5.92. The van der Waals surface area contributed by atoms with Gasteiger partial charge in [0, 0.05) is 11.6 Å². The number of hydrogen-bond donors (Lipinski definition) is 1. The molecule has 0 radical (unpaired) electrons. The summed E-state index contributed by atoms with van der Waals surface area (Å²) >= 11 is 0. The zero-order chi connectivity index (χ0) is 8.43. The Hall–Kier alpha value is -0.760. The molecule has 0 aromatic carbocycles. The maximum Gasteiger partial charge on any atom is 0.105 e. The highest BCUT2D eigenvalue weighted by molar-refractivity contribution is 5.19. The van der Waals surface area contributed by atoms with Crippen molar-refractivity contribution in [2.75, 3.05) is 0 Å². The second-order valence-corrected chi connectivity index (χ2v) is 3.20. The molecule has 0 saturated heterocycles. The highest BCUT2D eigenvalue weighted by Gasteiger charge is 2.13. The van der Waals surface area contributed by atoms with Gasteiger partial charge in [0.25, 0.3) is 0 Å². The standard InChI is InChI=1S/C9H15NO/c1-6(2)9(10)8-4-5-11-7(8)3/h4-6,9H,10H2,1-3H3/t9-/m1/s1. The Labute approximate surface area is 67.4 Å². The van der Waals surface area contributed by atoms with Crippen molar-refractivity contribution < 1.29 is 4.42 Å². The van der Waals surface area contributed by atoms with Crippen LogP contribution >= 0.6 is 0 Å². The van der Waals surface area contributed by atoms with Crippen molar-refractivity contribution in [1.82, 2.24) is 0 Å². The Kier molecular flexibility index (Phi) is 2.35. The molecule has 0 spiro atoms. The quantitative estimate of drug-likeness (QED) is 0.707. The van der Waals surface area contributed by atoms with Crippen molar-refractivity contribution in [2.24, 2.45) is 11.7 Å². The van der Waals surface area contributed by atoms with Gasteiger partial charge in [0.15, 0.2) is 0 Å². The van der Waals surface area contributed by atoms with Gasteiger partial charge in [-0.05, 0) is 18.9 Å². The fourth-order valence-corrected chi connectivity index (χ4v) is 1.10. The Bertz CT molecular complexity index is 227. The summed E-state index contributed by atoms with van der Waals surface area (Å²) in [5, 5.41) is 0. The minimum Gasteiger partial charge on any atom is -0.469 e. The molecule has 1 atom stereocenters. The molecule has 0 aliphatic heterocycles. The SMILES string of the molecule is Cc1occc1[C@H](N)C(C)C. The van der Waals surface area contributed by atoms with Crippen molar-refractivity contribution in [2.45, 2.75) is 26.8 Å². The summed E-state index contributed by atoms with van der Waals surface area (Å²) in [6.45, 7) is 6.16. The summed E-state index contributed by atoms with van der Waals surface area (Å²) in [6.07, 6.45) is 1.69. The molecule has 0 bridgehead atoms. The zero-order valence-corrected chi connectivity index (χ0v) is 7.29. The van der Waals surface area contributed by atoms with E-state index in [1.54, 1.807) is 6.26 Å². The smallest absolute Gasteiger partial charge is 0.105 e. The average Bonchev–Trinajstić information content (AvgIpc) is 2.33. The van der Waals surface area contributed by atoms with Crippen LogP contribution in [0.5, 0.6) is 0 Å². The van der Waals surface area contributed by atoms with Crippen LogP contribution in [0.1, 0.15) is 31.2 Å². The highest BCUT2D eigenvalue weighted by atomic mass is 16.3. The lowest BCUT2D eigenvalue weighted by Crippen LogP contribution is -2.16. The summed E-state index contributed by atoms with van der Waals surface area (Å²) in [5.41, 5.74) is 7.05. The first kappa shape index (κ1) is 8.34. The summed E-state index contributed by atoms with van der Waals surface area (Å²) in [7, 11) is 0. The number of aryl methyl sites for hydroxylation is 1. The van der Waals surface area contributed by atoms with Crippen molar-refractivity contribution in [3.8, 4) is 0 Å². The van der Waals surface area contributed by atoms with E-state index in [0.29, 0.717) is 5.92 Å². The lowest BCUT2D eigenvalue weighted by Gasteiger charge is -2.13. The second-order valence-electron chi connectivity index (χ2n) is 3.20. The van der Waals surface area contributed by atoms with E-state index in [4.69, 9.17) is 10.2 Å². The highest BCUT2D eigenvalue weighted by Crippen LogP contribution is 2.22. The molecule has 0 aliphatic carbocycles. The van der Waals surface area contributed by atoms with E-state index in [-0.39, 0.29) is 6.04 Å². The van der Waals surface area contributed by atoms with E-state index in [1.165, 1.54) is 0 Å². The molecule has 0 aliphatic rings. The fraction of sp³-hybridized carbons (Fsp3) is 0.556. The first-order valence-electron chi connectivity index (χ1n) is 3.92. The van der Waals surface area contributed by atoms with Crippen LogP contribution in [0.3, 0.4) is 0 Å². The van der Waals surface area contributed by atoms with Gasteiger partial charge in [-0.2, -0.15) is 0 Å². The Morgan fingerprint density at radius 2 is 2.09 bits per heavy atom. The van der Waals surface area contributed by atoms with Crippen LogP contribution in [0.4, 0.5) is 0 Å². The van der Waals surface area contributed by atoms with Crippen LogP contribution in [0.25, 0.3) is 0 Å². The molecule has 62 valence electrons. The van der Waals surface area contributed by atoms with Crippen molar-refractivity contribution >= 4 is 0 Å². The lowest BCUT2D eigenvalue weighted by molar-refractivity contribution is 0.485. The second kappa shape index (κ2) is 3.09. The van der Waals surface area contributed by atoms with Crippen LogP contribution in [0.2, 0.25) is 0 Å². The first-order valence-corrected chi connectivity index (χ1v) is 3.92.